The lowest BCUT2D eigenvalue weighted by atomic mass is 10.1. The van der Waals surface area contributed by atoms with Gasteiger partial charge in [-0.1, -0.05) is 19.6 Å². The number of rotatable bonds is 7. The molecule has 1 aromatic carbocycles. The molecule has 1 fully saturated rings. The molecule has 3 rings (SSSR count). The monoisotopic (exact) mass is 333 g/mol. The molecule has 0 bridgehead atoms. The number of benzene rings is 1. The summed E-state index contributed by atoms with van der Waals surface area (Å²) in [6.45, 7) is 8.16. The molecule has 1 aliphatic carbocycles. The van der Waals surface area contributed by atoms with Gasteiger partial charge in [-0.25, -0.2) is 4.68 Å². The highest BCUT2D eigenvalue weighted by molar-refractivity contribution is 6.76. The Bertz CT molecular complexity index is 732. The van der Waals surface area contributed by atoms with Crippen LogP contribution in [0.5, 0.6) is 0 Å². The molecule has 0 N–H and O–H groups in total. The Balaban J connectivity index is 1.82. The van der Waals surface area contributed by atoms with Gasteiger partial charge in [-0.05, 0) is 25.0 Å². The van der Waals surface area contributed by atoms with Crippen molar-refractivity contribution in [2.24, 2.45) is 0 Å². The molecule has 1 heterocycles. The number of hydrogen-bond donors (Lipinski definition) is 0. The fourth-order valence-electron chi connectivity index (χ4n) is 2.67. The number of nitro groups is 1. The molecule has 23 heavy (non-hydrogen) atoms. The zero-order chi connectivity index (χ0) is 16.6. The summed E-state index contributed by atoms with van der Waals surface area (Å²) in [6, 6.07) is 6.02. The summed E-state index contributed by atoms with van der Waals surface area (Å²) in [6.07, 6.45) is 2.25. The van der Waals surface area contributed by atoms with Crippen LogP contribution < -0.4 is 0 Å². The second kappa shape index (κ2) is 6.05. The van der Waals surface area contributed by atoms with E-state index in [1.54, 1.807) is 12.1 Å². The Morgan fingerprint density at radius 3 is 2.74 bits per heavy atom. The van der Waals surface area contributed by atoms with Crippen LogP contribution in [-0.2, 0) is 11.5 Å². The first-order valence-corrected chi connectivity index (χ1v) is 11.8. The van der Waals surface area contributed by atoms with Gasteiger partial charge in [0, 0.05) is 38.1 Å². The largest absolute Gasteiger partial charge is 0.360 e. The van der Waals surface area contributed by atoms with Crippen LogP contribution in [0.1, 0.15) is 24.5 Å². The fraction of sp³-hybridized carbons (Fsp3) is 0.562. The van der Waals surface area contributed by atoms with Crippen LogP contribution in [0.25, 0.3) is 10.9 Å². The minimum absolute atomic E-state index is 0.124. The molecule has 6 nitrogen and oxygen atoms in total. The normalized spacial score (nSPS) is 15.3. The van der Waals surface area contributed by atoms with E-state index >= 15 is 0 Å². The zero-order valence-corrected chi connectivity index (χ0v) is 14.9. The van der Waals surface area contributed by atoms with Crippen LogP contribution >= 0.6 is 0 Å². The van der Waals surface area contributed by atoms with Crippen molar-refractivity contribution < 1.29 is 9.66 Å². The molecule has 124 valence electrons. The molecule has 0 amide bonds. The third-order valence-electron chi connectivity index (χ3n) is 4.15. The molecule has 0 radical (unpaired) electrons. The van der Waals surface area contributed by atoms with Gasteiger partial charge < -0.3 is 4.74 Å². The quantitative estimate of drug-likeness (QED) is 0.330. The second-order valence-corrected chi connectivity index (χ2v) is 13.1. The highest BCUT2D eigenvalue weighted by atomic mass is 28.3. The Kier molecular flexibility index (Phi) is 4.24. The molecule has 0 spiro atoms. The minimum atomic E-state index is -1.10. The van der Waals surface area contributed by atoms with Gasteiger partial charge in [-0.15, -0.1) is 0 Å². The van der Waals surface area contributed by atoms with E-state index in [0.717, 1.165) is 42.1 Å². The number of aromatic nitrogens is 2. The van der Waals surface area contributed by atoms with Crippen LogP contribution in [0, 0.1) is 10.1 Å². The summed E-state index contributed by atoms with van der Waals surface area (Å²) in [7, 11) is -1.10. The second-order valence-electron chi connectivity index (χ2n) is 7.47. The Hall–Kier alpha value is -1.73. The van der Waals surface area contributed by atoms with Crippen LogP contribution in [0.2, 0.25) is 25.7 Å². The van der Waals surface area contributed by atoms with Crippen LogP contribution in [0.4, 0.5) is 5.69 Å². The topological polar surface area (TPSA) is 70.2 Å². The van der Waals surface area contributed by atoms with Crippen LogP contribution in [0.3, 0.4) is 0 Å². The van der Waals surface area contributed by atoms with Crippen molar-refractivity contribution in [3.05, 3.63) is 34.0 Å². The molecule has 0 aliphatic heterocycles. The van der Waals surface area contributed by atoms with Gasteiger partial charge >= 0.3 is 0 Å². The average molecular weight is 333 g/mol. The number of fused-ring (bicyclic) bond motifs is 1. The van der Waals surface area contributed by atoms with Gasteiger partial charge in [0.1, 0.15) is 6.73 Å². The Morgan fingerprint density at radius 2 is 2.13 bits per heavy atom. The maximum Gasteiger partial charge on any atom is 0.270 e. The van der Waals surface area contributed by atoms with Crippen LogP contribution in [0.15, 0.2) is 18.2 Å². The summed E-state index contributed by atoms with van der Waals surface area (Å²) in [4.78, 5) is 10.7. The van der Waals surface area contributed by atoms with Gasteiger partial charge in [0.15, 0.2) is 0 Å². The van der Waals surface area contributed by atoms with Gasteiger partial charge in [0.2, 0.25) is 0 Å². The molecule has 0 saturated heterocycles. The lowest BCUT2D eigenvalue weighted by Crippen LogP contribution is -2.22. The number of nitro benzene ring substituents is 1. The Labute approximate surface area is 136 Å². The first-order valence-electron chi connectivity index (χ1n) is 8.08. The van der Waals surface area contributed by atoms with Gasteiger partial charge in [-0.2, -0.15) is 5.10 Å². The van der Waals surface area contributed by atoms with E-state index in [9.17, 15) is 10.1 Å². The molecular weight excluding hydrogens is 310 g/mol. The standard InChI is InChI=1S/C16H23N3O3Si/c1-23(2,3)9-8-22-11-18-16(12-4-5-12)14-10-13(19(20)21)6-7-15(14)17-18/h6-7,10,12H,4-5,8-9,11H2,1-3H3. The fourth-order valence-corrected chi connectivity index (χ4v) is 3.42. The van der Waals surface area contributed by atoms with Crippen molar-refractivity contribution in [3.8, 4) is 0 Å². The van der Waals surface area contributed by atoms with Crippen molar-refractivity contribution in [2.45, 2.75) is 51.2 Å². The molecule has 7 heteroatoms. The maximum absolute atomic E-state index is 11.0. The number of ether oxygens (including phenoxy) is 1. The lowest BCUT2D eigenvalue weighted by molar-refractivity contribution is -0.384. The molecule has 0 atom stereocenters. The zero-order valence-electron chi connectivity index (χ0n) is 13.9. The van der Waals surface area contributed by atoms with E-state index in [0.29, 0.717) is 12.6 Å². The van der Waals surface area contributed by atoms with Crippen molar-refractivity contribution in [1.82, 2.24) is 9.78 Å². The lowest BCUT2D eigenvalue weighted by Gasteiger charge is -2.15. The van der Waals surface area contributed by atoms with Gasteiger partial charge in [-0.3, -0.25) is 10.1 Å². The summed E-state index contributed by atoms with van der Waals surface area (Å²) in [5, 5.41) is 16.5. The average Bonchev–Trinajstić information content (AvgIpc) is 3.23. The van der Waals surface area contributed by atoms with Crippen molar-refractivity contribution >= 4 is 24.7 Å². The first kappa shape index (κ1) is 16.1. The van der Waals surface area contributed by atoms with E-state index < -0.39 is 8.07 Å². The molecule has 1 aromatic heterocycles. The summed E-state index contributed by atoms with van der Waals surface area (Å²) < 4.78 is 7.72. The van der Waals surface area contributed by atoms with E-state index in [1.807, 2.05) is 4.68 Å². The highest BCUT2D eigenvalue weighted by Crippen LogP contribution is 2.43. The van der Waals surface area contributed by atoms with Gasteiger partial charge in [0.25, 0.3) is 5.69 Å². The predicted octanol–water partition coefficient (Wildman–Crippen LogP) is 4.13. The van der Waals surface area contributed by atoms with Crippen molar-refractivity contribution in [3.63, 3.8) is 0 Å². The molecule has 0 unspecified atom stereocenters. The molecular formula is C16H23N3O3Si. The first-order chi connectivity index (χ1) is 10.8. The summed E-state index contributed by atoms with van der Waals surface area (Å²) in [5.41, 5.74) is 2.03. The van der Waals surface area contributed by atoms with Crippen molar-refractivity contribution in [1.29, 1.82) is 0 Å². The third-order valence-corrected chi connectivity index (χ3v) is 5.85. The number of hydrogen-bond acceptors (Lipinski definition) is 4. The molecule has 2 aromatic rings. The van der Waals surface area contributed by atoms with E-state index in [2.05, 4.69) is 24.7 Å². The smallest absolute Gasteiger partial charge is 0.270 e. The minimum Gasteiger partial charge on any atom is -0.360 e. The number of non-ortho nitro benzene ring substituents is 1. The van der Waals surface area contributed by atoms with E-state index in [-0.39, 0.29) is 10.6 Å². The van der Waals surface area contributed by atoms with E-state index in [1.165, 1.54) is 6.07 Å². The van der Waals surface area contributed by atoms with Crippen molar-refractivity contribution in [2.75, 3.05) is 6.61 Å². The summed E-state index contributed by atoms with van der Waals surface area (Å²) >= 11 is 0. The van der Waals surface area contributed by atoms with Crippen LogP contribution in [-0.4, -0.2) is 29.4 Å². The van der Waals surface area contributed by atoms with Gasteiger partial charge in [0.05, 0.1) is 16.1 Å². The SMILES string of the molecule is C[Si](C)(C)CCOCn1nc2ccc([N+](=O)[O-])cc2c1C1CC1. The molecule has 1 saturated carbocycles. The maximum atomic E-state index is 11.0. The third kappa shape index (κ3) is 3.79. The predicted molar refractivity (Wildman–Crippen MR) is 92.5 cm³/mol. The molecule has 1 aliphatic rings. The summed E-state index contributed by atoms with van der Waals surface area (Å²) in [5.74, 6) is 0.461. The Morgan fingerprint density at radius 1 is 1.39 bits per heavy atom. The van der Waals surface area contributed by atoms with E-state index in [4.69, 9.17) is 4.74 Å². The number of nitrogens with zero attached hydrogens (tertiary/aromatic N) is 3. The highest BCUT2D eigenvalue weighted by Gasteiger charge is 2.30.